The number of rotatable bonds is 8. The van der Waals surface area contributed by atoms with Gasteiger partial charge in [-0.3, -0.25) is 9.59 Å². The first kappa shape index (κ1) is 23.0. The van der Waals surface area contributed by atoms with Crippen molar-refractivity contribution in [3.63, 3.8) is 0 Å². The van der Waals surface area contributed by atoms with Crippen molar-refractivity contribution in [2.45, 2.75) is 52.2 Å². The zero-order valence-corrected chi connectivity index (χ0v) is 19.9. The van der Waals surface area contributed by atoms with E-state index in [-0.39, 0.29) is 23.9 Å². The second-order valence-corrected chi connectivity index (χ2v) is 9.92. The smallest absolute Gasteiger partial charge is 0.306 e. The highest BCUT2D eigenvalue weighted by Gasteiger charge is 2.48. The quantitative estimate of drug-likeness (QED) is 0.593. The summed E-state index contributed by atoms with van der Waals surface area (Å²) >= 11 is 0. The topological polar surface area (TPSA) is 83.1 Å². The molecular weight excluding hydrogens is 422 g/mol. The predicted molar refractivity (Wildman–Crippen MR) is 124 cm³/mol. The van der Waals surface area contributed by atoms with Gasteiger partial charge in [0.2, 0.25) is 5.75 Å². The highest BCUT2D eigenvalue weighted by atomic mass is 16.6. The third-order valence-corrected chi connectivity index (χ3v) is 5.89. The normalized spacial score (nSPS) is 16.0. The Bertz CT molecular complexity index is 1080. The van der Waals surface area contributed by atoms with E-state index in [9.17, 15) is 9.59 Å². The van der Waals surface area contributed by atoms with E-state index < -0.39 is 5.60 Å². The maximum absolute atomic E-state index is 12.4. The molecule has 1 amide bonds. The van der Waals surface area contributed by atoms with Gasteiger partial charge in [-0.05, 0) is 53.6 Å². The summed E-state index contributed by atoms with van der Waals surface area (Å²) in [6, 6.07) is 9.44. The van der Waals surface area contributed by atoms with Crippen LogP contribution >= 0.6 is 0 Å². The van der Waals surface area contributed by atoms with E-state index >= 15 is 0 Å². The van der Waals surface area contributed by atoms with Crippen LogP contribution in [0.1, 0.15) is 56.0 Å². The van der Waals surface area contributed by atoms with E-state index in [0.717, 1.165) is 29.5 Å². The number of esters is 1. The molecule has 1 saturated carbocycles. The number of hydrogen-bond donors (Lipinski definition) is 1. The van der Waals surface area contributed by atoms with Crippen molar-refractivity contribution in [1.82, 2.24) is 5.32 Å². The molecule has 7 heteroatoms. The molecule has 2 aromatic rings. The molecule has 176 valence electrons. The second kappa shape index (κ2) is 8.61. The standard InChI is InChI=1S/C26H31NO6/c1-25(2,3)13-21(28)33-26(10-11-26)15-32-22-18(8-9-20(30-4)23(22)31-5)16-6-7-19-17(12-16)14-27-24(19)29/h6-9,12H,10-11,13-15H2,1-5H3,(H,27,29). The van der Waals surface area contributed by atoms with Crippen LogP contribution in [0.4, 0.5) is 0 Å². The highest BCUT2D eigenvalue weighted by Crippen LogP contribution is 2.47. The molecule has 0 unspecified atom stereocenters. The van der Waals surface area contributed by atoms with Gasteiger partial charge in [0.15, 0.2) is 11.5 Å². The lowest BCUT2D eigenvalue weighted by molar-refractivity contribution is -0.155. The summed E-state index contributed by atoms with van der Waals surface area (Å²) in [5.41, 5.74) is 2.59. The maximum atomic E-state index is 12.4. The van der Waals surface area contributed by atoms with Gasteiger partial charge in [-0.2, -0.15) is 0 Å². The number of amides is 1. The summed E-state index contributed by atoms with van der Waals surface area (Å²) in [6.45, 7) is 6.76. The number of benzene rings is 2. The minimum absolute atomic E-state index is 0.0620. The van der Waals surface area contributed by atoms with E-state index in [1.54, 1.807) is 14.2 Å². The van der Waals surface area contributed by atoms with E-state index in [0.29, 0.717) is 35.8 Å². The number of fused-ring (bicyclic) bond motifs is 1. The van der Waals surface area contributed by atoms with Crippen molar-refractivity contribution in [2.24, 2.45) is 5.41 Å². The molecule has 33 heavy (non-hydrogen) atoms. The Morgan fingerprint density at radius 1 is 1.03 bits per heavy atom. The van der Waals surface area contributed by atoms with Crippen molar-refractivity contribution in [3.8, 4) is 28.4 Å². The lowest BCUT2D eigenvalue weighted by Gasteiger charge is -2.23. The van der Waals surface area contributed by atoms with Gasteiger partial charge in [-0.25, -0.2) is 0 Å². The molecule has 4 rings (SSSR count). The largest absolute Gasteiger partial charge is 0.493 e. The number of carbonyl (C=O) groups excluding carboxylic acids is 2. The molecule has 2 aromatic carbocycles. The van der Waals surface area contributed by atoms with Crippen molar-refractivity contribution in [1.29, 1.82) is 0 Å². The van der Waals surface area contributed by atoms with Gasteiger partial charge in [-0.1, -0.05) is 26.8 Å². The Balaban J connectivity index is 1.62. The third-order valence-electron chi connectivity index (χ3n) is 5.89. The molecule has 0 spiro atoms. The Morgan fingerprint density at radius 3 is 2.39 bits per heavy atom. The Kier molecular flexibility index (Phi) is 5.99. The molecule has 0 saturated heterocycles. The zero-order valence-electron chi connectivity index (χ0n) is 19.9. The lowest BCUT2D eigenvalue weighted by atomic mass is 9.92. The van der Waals surface area contributed by atoms with Crippen LogP contribution in [0.15, 0.2) is 30.3 Å². The summed E-state index contributed by atoms with van der Waals surface area (Å²) in [4.78, 5) is 24.4. The molecule has 1 aliphatic carbocycles. The van der Waals surface area contributed by atoms with Gasteiger partial charge in [0, 0.05) is 17.7 Å². The Labute approximate surface area is 194 Å². The molecule has 1 N–H and O–H groups in total. The van der Waals surface area contributed by atoms with Gasteiger partial charge in [0.25, 0.3) is 5.91 Å². The first-order valence-corrected chi connectivity index (χ1v) is 11.2. The summed E-state index contributed by atoms with van der Waals surface area (Å²) in [7, 11) is 3.14. The summed E-state index contributed by atoms with van der Waals surface area (Å²) in [6.07, 6.45) is 1.87. The number of nitrogens with one attached hydrogen (secondary N) is 1. The molecular formula is C26H31NO6. The summed E-state index contributed by atoms with van der Waals surface area (Å²) in [5, 5.41) is 2.84. The first-order valence-electron chi connectivity index (χ1n) is 11.2. The van der Waals surface area contributed by atoms with Crippen molar-refractivity contribution in [2.75, 3.05) is 20.8 Å². The molecule has 1 aliphatic heterocycles. The van der Waals surface area contributed by atoms with Gasteiger partial charge >= 0.3 is 5.97 Å². The van der Waals surface area contributed by atoms with Crippen LogP contribution in [-0.4, -0.2) is 38.3 Å². The predicted octanol–water partition coefficient (Wildman–Crippen LogP) is 4.51. The van der Waals surface area contributed by atoms with E-state index in [4.69, 9.17) is 18.9 Å². The molecule has 1 heterocycles. The van der Waals surface area contributed by atoms with Gasteiger partial charge in [0.1, 0.15) is 12.2 Å². The zero-order chi connectivity index (χ0) is 23.8. The average Bonchev–Trinajstić information content (AvgIpc) is 3.42. The van der Waals surface area contributed by atoms with E-state index in [1.165, 1.54) is 0 Å². The van der Waals surface area contributed by atoms with E-state index in [1.807, 2.05) is 51.1 Å². The van der Waals surface area contributed by atoms with Crippen LogP contribution in [0.25, 0.3) is 11.1 Å². The van der Waals surface area contributed by atoms with Crippen LogP contribution in [0.2, 0.25) is 0 Å². The van der Waals surface area contributed by atoms with Crippen molar-refractivity contribution in [3.05, 3.63) is 41.5 Å². The van der Waals surface area contributed by atoms with Crippen molar-refractivity contribution < 1.29 is 28.5 Å². The SMILES string of the molecule is COc1ccc(-c2ccc3c(c2)CNC3=O)c(OCC2(OC(=O)CC(C)(C)C)CC2)c1OC. The molecule has 0 radical (unpaired) electrons. The molecule has 0 bridgehead atoms. The van der Waals surface area contributed by atoms with Crippen LogP contribution in [0.5, 0.6) is 17.2 Å². The number of ether oxygens (including phenoxy) is 4. The highest BCUT2D eigenvalue weighted by molar-refractivity contribution is 5.99. The van der Waals surface area contributed by atoms with Crippen LogP contribution in [0.3, 0.4) is 0 Å². The lowest BCUT2D eigenvalue weighted by Crippen LogP contribution is -2.29. The fourth-order valence-electron chi connectivity index (χ4n) is 4.00. The monoisotopic (exact) mass is 453 g/mol. The third kappa shape index (κ3) is 4.92. The summed E-state index contributed by atoms with van der Waals surface area (Å²) in [5.74, 6) is 1.27. The van der Waals surface area contributed by atoms with Gasteiger partial charge < -0.3 is 24.3 Å². The fourth-order valence-corrected chi connectivity index (χ4v) is 4.00. The molecule has 1 fully saturated rings. The first-order chi connectivity index (χ1) is 15.6. The second-order valence-electron chi connectivity index (χ2n) is 9.92. The molecule has 0 atom stereocenters. The van der Waals surface area contributed by atoms with Crippen LogP contribution < -0.4 is 19.5 Å². The maximum Gasteiger partial charge on any atom is 0.306 e. The number of hydrogen-bond acceptors (Lipinski definition) is 6. The van der Waals surface area contributed by atoms with Crippen molar-refractivity contribution >= 4 is 11.9 Å². The average molecular weight is 454 g/mol. The fraction of sp³-hybridized carbons (Fsp3) is 0.462. The molecule has 0 aromatic heterocycles. The van der Waals surface area contributed by atoms with Crippen LogP contribution in [0, 0.1) is 5.41 Å². The van der Waals surface area contributed by atoms with Gasteiger partial charge in [0.05, 0.1) is 20.6 Å². The Morgan fingerprint density at radius 2 is 1.76 bits per heavy atom. The Hall–Kier alpha value is -3.22. The molecule has 2 aliphatic rings. The minimum Gasteiger partial charge on any atom is -0.493 e. The molecule has 7 nitrogen and oxygen atoms in total. The minimum atomic E-state index is -0.609. The van der Waals surface area contributed by atoms with Crippen LogP contribution in [-0.2, 0) is 16.1 Å². The van der Waals surface area contributed by atoms with Gasteiger partial charge in [-0.15, -0.1) is 0 Å². The van der Waals surface area contributed by atoms with E-state index in [2.05, 4.69) is 5.32 Å². The number of carbonyl (C=O) groups is 2. The number of methoxy groups -OCH3 is 2. The summed E-state index contributed by atoms with van der Waals surface area (Å²) < 4.78 is 23.2.